The summed E-state index contributed by atoms with van der Waals surface area (Å²) < 4.78 is 25.6. The second kappa shape index (κ2) is 7.10. The standard InChI is InChI=1S/C15H21BrN2O3S/c1-11(15(19)18-7-6-12(8-17)9-18)10-22(20,21)14-4-2-13(16)3-5-14/h2-5,11-12H,6-10,17H2,1H3/t11-,12-/m1/s1. The number of carbonyl (C=O) groups excluding carboxylic acids is 1. The van der Waals surface area contributed by atoms with E-state index in [0.717, 1.165) is 10.9 Å². The molecule has 1 amide bonds. The Hall–Kier alpha value is -0.920. The number of amides is 1. The predicted molar refractivity (Wildman–Crippen MR) is 89.1 cm³/mol. The van der Waals surface area contributed by atoms with E-state index < -0.39 is 15.8 Å². The number of hydrogen-bond acceptors (Lipinski definition) is 4. The highest BCUT2D eigenvalue weighted by Crippen LogP contribution is 2.21. The number of nitrogens with zero attached hydrogens (tertiary/aromatic N) is 1. The van der Waals surface area contributed by atoms with Gasteiger partial charge in [0.05, 0.1) is 10.6 Å². The van der Waals surface area contributed by atoms with E-state index >= 15 is 0 Å². The Bertz CT molecular complexity index is 631. The van der Waals surface area contributed by atoms with Crippen LogP contribution >= 0.6 is 15.9 Å². The highest BCUT2D eigenvalue weighted by molar-refractivity contribution is 9.10. The molecule has 122 valence electrons. The van der Waals surface area contributed by atoms with Gasteiger partial charge < -0.3 is 10.6 Å². The maximum atomic E-state index is 12.4. The first-order valence-electron chi connectivity index (χ1n) is 7.30. The highest BCUT2D eigenvalue weighted by atomic mass is 79.9. The molecule has 1 saturated heterocycles. The molecule has 0 radical (unpaired) electrons. The molecule has 1 aromatic carbocycles. The molecule has 0 aromatic heterocycles. The minimum Gasteiger partial charge on any atom is -0.342 e. The average Bonchev–Trinajstić information content (AvgIpc) is 2.95. The number of benzene rings is 1. The number of carbonyl (C=O) groups is 1. The van der Waals surface area contributed by atoms with E-state index in [1.54, 1.807) is 36.1 Å². The molecule has 22 heavy (non-hydrogen) atoms. The smallest absolute Gasteiger partial charge is 0.226 e. The zero-order chi connectivity index (χ0) is 16.3. The Morgan fingerprint density at radius 2 is 2.05 bits per heavy atom. The summed E-state index contributed by atoms with van der Waals surface area (Å²) in [6.45, 7) is 3.55. The molecular weight excluding hydrogens is 368 g/mol. The van der Waals surface area contributed by atoms with E-state index in [1.807, 2.05) is 0 Å². The molecule has 2 N–H and O–H groups in total. The lowest BCUT2D eigenvalue weighted by Crippen LogP contribution is -2.36. The number of halogens is 1. The van der Waals surface area contributed by atoms with E-state index in [-0.39, 0.29) is 16.6 Å². The van der Waals surface area contributed by atoms with Crippen LogP contribution in [0, 0.1) is 11.8 Å². The third kappa shape index (κ3) is 4.08. The minimum atomic E-state index is -3.46. The second-order valence-corrected chi connectivity index (χ2v) is 8.76. The first-order valence-corrected chi connectivity index (χ1v) is 9.75. The van der Waals surface area contributed by atoms with Gasteiger partial charge in [-0.2, -0.15) is 0 Å². The fourth-order valence-corrected chi connectivity index (χ4v) is 4.48. The topological polar surface area (TPSA) is 80.5 Å². The molecule has 1 aromatic rings. The van der Waals surface area contributed by atoms with Crippen LogP contribution in [0.1, 0.15) is 13.3 Å². The van der Waals surface area contributed by atoms with Gasteiger partial charge in [0.25, 0.3) is 0 Å². The van der Waals surface area contributed by atoms with E-state index in [1.165, 1.54) is 0 Å². The maximum Gasteiger partial charge on any atom is 0.226 e. The van der Waals surface area contributed by atoms with Gasteiger partial charge in [-0.15, -0.1) is 0 Å². The lowest BCUT2D eigenvalue weighted by Gasteiger charge is -2.21. The number of sulfone groups is 1. The maximum absolute atomic E-state index is 12.4. The average molecular weight is 389 g/mol. The molecule has 0 bridgehead atoms. The number of rotatable bonds is 5. The molecule has 1 fully saturated rings. The zero-order valence-electron chi connectivity index (χ0n) is 12.5. The highest BCUT2D eigenvalue weighted by Gasteiger charge is 2.31. The van der Waals surface area contributed by atoms with Crippen LogP contribution in [0.3, 0.4) is 0 Å². The van der Waals surface area contributed by atoms with Crippen molar-refractivity contribution >= 4 is 31.7 Å². The summed E-state index contributed by atoms with van der Waals surface area (Å²) in [5.74, 6) is -0.488. The van der Waals surface area contributed by atoms with E-state index in [4.69, 9.17) is 5.73 Å². The van der Waals surface area contributed by atoms with Crippen LogP contribution in [-0.4, -0.2) is 44.6 Å². The van der Waals surface area contributed by atoms with Gasteiger partial charge in [0.2, 0.25) is 5.91 Å². The molecule has 0 aliphatic carbocycles. The van der Waals surface area contributed by atoms with Gasteiger partial charge in [0.1, 0.15) is 0 Å². The van der Waals surface area contributed by atoms with Crippen LogP contribution < -0.4 is 5.73 Å². The molecular formula is C15H21BrN2O3S. The fraction of sp³-hybridized carbons (Fsp3) is 0.533. The summed E-state index contributed by atoms with van der Waals surface area (Å²) >= 11 is 3.28. The molecule has 2 rings (SSSR count). The van der Waals surface area contributed by atoms with Crippen molar-refractivity contribution in [3.63, 3.8) is 0 Å². The third-order valence-corrected chi connectivity index (χ3v) is 6.45. The largest absolute Gasteiger partial charge is 0.342 e. The molecule has 2 atom stereocenters. The van der Waals surface area contributed by atoms with Gasteiger partial charge in [0, 0.05) is 23.5 Å². The minimum absolute atomic E-state index is 0.100. The quantitative estimate of drug-likeness (QED) is 0.831. The van der Waals surface area contributed by atoms with E-state index in [9.17, 15) is 13.2 Å². The van der Waals surface area contributed by atoms with Crippen molar-refractivity contribution in [3.05, 3.63) is 28.7 Å². The molecule has 0 unspecified atom stereocenters. The normalized spacial score (nSPS) is 20.1. The summed E-state index contributed by atoms with van der Waals surface area (Å²) in [5, 5.41) is 0. The first-order chi connectivity index (χ1) is 10.3. The number of likely N-dealkylation sites (tertiary alicyclic amines) is 1. The van der Waals surface area contributed by atoms with Gasteiger partial charge >= 0.3 is 0 Å². The van der Waals surface area contributed by atoms with Crippen molar-refractivity contribution < 1.29 is 13.2 Å². The predicted octanol–water partition coefficient (Wildman–Crippen LogP) is 1.67. The van der Waals surface area contributed by atoms with Crippen molar-refractivity contribution in [1.29, 1.82) is 0 Å². The van der Waals surface area contributed by atoms with Crippen LogP contribution in [0.15, 0.2) is 33.6 Å². The van der Waals surface area contributed by atoms with Gasteiger partial charge in [-0.05, 0) is 43.1 Å². The van der Waals surface area contributed by atoms with Crippen LogP contribution in [0.5, 0.6) is 0 Å². The van der Waals surface area contributed by atoms with Gasteiger partial charge in [-0.1, -0.05) is 22.9 Å². The lowest BCUT2D eigenvalue weighted by atomic mass is 10.1. The second-order valence-electron chi connectivity index (χ2n) is 5.81. The van der Waals surface area contributed by atoms with Gasteiger partial charge in [-0.3, -0.25) is 4.79 Å². The lowest BCUT2D eigenvalue weighted by molar-refractivity contribution is -0.133. The Kier molecular flexibility index (Phi) is 5.63. The molecule has 1 aliphatic rings. The van der Waals surface area contributed by atoms with Crippen molar-refractivity contribution in [1.82, 2.24) is 4.90 Å². The van der Waals surface area contributed by atoms with Gasteiger partial charge in [0.15, 0.2) is 9.84 Å². The van der Waals surface area contributed by atoms with Crippen LogP contribution in [0.2, 0.25) is 0 Å². The summed E-state index contributed by atoms with van der Waals surface area (Å²) in [4.78, 5) is 14.4. The summed E-state index contributed by atoms with van der Waals surface area (Å²) in [5.41, 5.74) is 5.62. The Morgan fingerprint density at radius 3 is 2.59 bits per heavy atom. The zero-order valence-corrected chi connectivity index (χ0v) is 14.9. The Labute approximate surface area is 139 Å². The van der Waals surface area contributed by atoms with Crippen molar-refractivity contribution in [2.24, 2.45) is 17.6 Å². The third-order valence-electron chi connectivity index (χ3n) is 3.99. The van der Waals surface area contributed by atoms with E-state index in [2.05, 4.69) is 15.9 Å². The van der Waals surface area contributed by atoms with Gasteiger partial charge in [-0.25, -0.2) is 8.42 Å². The molecule has 1 heterocycles. The number of hydrogen-bond donors (Lipinski definition) is 1. The van der Waals surface area contributed by atoms with E-state index in [0.29, 0.717) is 25.6 Å². The van der Waals surface area contributed by atoms with Crippen molar-refractivity contribution in [3.8, 4) is 0 Å². The summed E-state index contributed by atoms with van der Waals surface area (Å²) in [7, 11) is -3.46. The fourth-order valence-electron chi connectivity index (χ4n) is 2.68. The molecule has 1 aliphatic heterocycles. The summed E-state index contributed by atoms with van der Waals surface area (Å²) in [6.07, 6.45) is 0.897. The number of nitrogens with two attached hydrogens (primary N) is 1. The van der Waals surface area contributed by atoms with Crippen LogP contribution in [0.25, 0.3) is 0 Å². The van der Waals surface area contributed by atoms with Crippen molar-refractivity contribution in [2.75, 3.05) is 25.4 Å². The molecule has 5 nitrogen and oxygen atoms in total. The first kappa shape index (κ1) is 17.4. The van der Waals surface area contributed by atoms with Crippen LogP contribution in [0.4, 0.5) is 0 Å². The Balaban J connectivity index is 2.03. The molecule has 0 saturated carbocycles. The van der Waals surface area contributed by atoms with Crippen molar-refractivity contribution in [2.45, 2.75) is 18.2 Å². The molecule has 0 spiro atoms. The SMILES string of the molecule is C[C@H](CS(=O)(=O)c1ccc(Br)cc1)C(=O)N1CC[C@H](CN)C1. The monoisotopic (exact) mass is 388 g/mol. The van der Waals surface area contributed by atoms with Crippen LogP contribution in [-0.2, 0) is 14.6 Å². The Morgan fingerprint density at radius 1 is 1.41 bits per heavy atom. The summed E-state index contributed by atoms with van der Waals surface area (Å²) in [6, 6.07) is 6.48. The molecule has 7 heteroatoms.